The summed E-state index contributed by atoms with van der Waals surface area (Å²) in [6, 6.07) is 4.76. The Morgan fingerprint density at radius 2 is 2.30 bits per heavy atom. The summed E-state index contributed by atoms with van der Waals surface area (Å²) in [5.41, 5.74) is 1.30. The molecule has 1 saturated heterocycles. The van der Waals surface area contributed by atoms with Gasteiger partial charge in [0.25, 0.3) is 0 Å². The molecular formula is C17H24N2O. The minimum absolute atomic E-state index is 0.419. The first kappa shape index (κ1) is 13.8. The van der Waals surface area contributed by atoms with Gasteiger partial charge in [0, 0.05) is 38.1 Å². The molecule has 0 amide bonds. The molecule has 2 unspecified atom stereocenters. The third-order valence-corrected chi connectivity index (χ3v) is 4.27. The highest BCUT2D eigenvalue weighted by Crippen LogP contribution is 2.22. The van der Waals surface area contributed by atoms with Crippen molar-refractivity contribution >= 4 is 0 Å². The van der Waals surface area contributed by atoms with Crippen molar-refractivity contribution in [2.75, 3.05) is 13.2 Å². The van der Waals surface area contributed by atoms with Gasteiger partial charge in [-0.05, 0) is 43.7 Å². The Morgan fingerprint density at radius 3 is 3.00 bits per heavy atom. The van der Waals surface area contributed by atoms with Gasteiger partial charge in [0.05, 0.1) is 6.10 Å². The molecule has 0 saturated carbocycles. The molecule has 1 fully saturated rings. The number of hydrogen-bond donors (Lipinski definition) is 0. The fraction of sp³-hybridized carbons (Fsp3) is 0.588. The molecule has 1 aliphatic carbocycles. The molecule has 3 heteroatoms. The van der Waals surface area contributed by atoms with Crippen LogP contribution in [0.1, 0.15) is 37.7 Å². The van der Waals surface area contributed by atoms with Crippen LogP contribution in [0.25, 0.3) is 0 Å². The predicted octanol–water partition coefficient (Wildman–Crippen LogP) is 3.17. The van der Waals surface area contributed by atoms with Crippen molar-refractivity contribution in [2.45, 2.75) is 50.8 Å². The number of aromatic nitrogens is 1. The van der Waals surface area contributed by atoms with E-state index in [1.54, 1.807) is 0 Å². The van der Waals surface area contributed by atoms with Crippen molar-refractivity contribution in [3.63, 3.8) is 0 Å². The smallest absolute Gasteiger partial charge is 0.0703 e. The van der Waals surface area contributed by atoms with Gasteiger partial charge in [-0.3, -0.25) is 9.88 Å². The summed E-state index contributed by atoms with van der Waals surface area (Å²) < 4.78 is 5.83. The van der Waals surface area contributed by atoms with E-state index in [4.69, 9.17) is 4.74 Å². The fourth-order valence-electron chi connectivity index (χ4n) is 3.19. The lowest BCUT2D eigenvalue weighted by atomic mass is 10.00. The lowest BCUT2D eigenvalue weighted by molar-refractivity contribution is 0.0586. The minimum atomic E-state index is 0.419. The summed E-state index contributed by atoms with van der Waals surface area (Å²) >= 11 is 0. The molecule has 0 spiro atoms. The molecule has 1 aliphatic heterocycles. The van der Waals surface area contributed by atoms with Gasteiger partial charge in [0.1, 0.15) is 0 Å². The first-order chi connectivity index (χ1) is 9.92. The zero-order chi connectivity index (χ0) is 13.6. The van der Waals surface area contributed by atoms with Crippen LogP contribution in [0.4, 0.5) is 0 Å². The van der Waals surface area contributed by atoms with Crippen molar-refractivity contribution in [2.24, 2.45) is 0 Å². The molecule has 108 valence electrons. The van der Waals surface area contributed by atoms with Crippen molar-refractivity contribution in [1.82, 2.24) is 9.88 Å². The average Bonchev–Trinajstić information content (AvgIpc) is 3.02. The summed E-state index contributed by atoms with van der Waals surface area (Å²) in [5.74, 6) is 0. The first-order valence-electron chi connectivity index (χ1n) is 7.83. The topological polar surface area (TPSA) is 25.4 Å². The highest BCUT2D eigenvalue weighted by molar-refractivity contribution is 5.10. The quantitative estimate of drug-likeness (QED) is 0.770. The highest BCUT2D eigenvalue weighted by Gasteiger charge is 2.24. The Hall–Kier alpha value is -1.19. The average molecular weight is 272 g/mol. The maximum absolute atomic E-state index is 5.83. The highest BCUT2D eigenvalue weighted by atomic mass is 16.5. The van der Waals surface area contributed by atoms with Crippen LogP contribution in [-0.2, 0) is 11.3 Å². The lowest BCUT2D eigenvalue weighted by Gasteiger charge is -2.33. The van der Waals surface area contributed by atoms with E-state index in [-0.39, 0.29) is 0 Å². The van der Waals surface area contributed by atoms with E-state index in [0.717, 1.165) is 19.7 Å². The molecule has 1 aromatic heterocycles. The van der Waals surface area contributed by atoms with Gasteiger partial charge in [0.15, 0.2) is 0 Å². The van der Waals surface area contributed by atoms with Crippen LogP contribution in [-0.4, -0.2) is 35.2 Å². The Labute approximate surface area is 121 Å². The zero-order valence-corrected chi connectivity index (χ0v) is 12.1. The number of nitrogens with zero attached hydrogens (tertiary/aromatic N) is 2. The summed E-state index contributed by atoms with van der Waals surface area (Å²) in [6.07, 6.45) is 15.2. The molecule has 2 atom stereocenters. The van der Waals surface area contributed by atoms with Gasteiger partial charge in [0.2, 0.25) is 0 Å². The van der Waals surface area contributed by atoms with Crippen molar-refractivity contribution in [3.05, 3.63) is 42.2 Å². The molecule has 0 N–H and O–H groups in total. The van der Waals surface area contributed by atoms with Crippen LogP contribution >= 0.6 is 0 Å². The molecule has 3 rings (SSSR count). The second-order valence-corrected chi connectivity index (χ2v) is 5.85. The van der Waals surface area contributed by atoms with E-state index >= 15 is 0 Å². The van der Waals surface area contributed by atoms with Crippen molar-refractivity contribution < 1.29 is 4.74 Å². The zero-order valence-electron chi connectivity index (χ0n) is 12.1. The van der Waals surface area contributed by atoms with Gasteiger partial charge in [-0.1, -0.05) is 18.2 Å². The number of allylic oxidation sites excluding steroid dienone is 1. The second-order valence-electron chi connectivity index (χ2n) is 5.85. The normalized spacial score (nSPS) is 26.2. The summed E-state index contributed by atoms with van der Waals surface area (Å²) in [4.78, 5) is 6.81. The van der Waals surface area contributed by atoms with Gasteiger partial charge in [-0.2, -0.15) is 0 Å². The van der Waals surface area contributed by atoms with Gasteiger partial charge in [-0.15, -0.1) is 0 Å². The van der Waals surface area contributed by atoms with Crippen LogP contribution < -0.4 is 0 Å². The van der Waals surface area contributed by atoms with E-state index < -0.39 is 0 Å². The van der Waals surface area contributed by atoms with E-state index in [2.05, 4.69) is 28.1 Å². The third-order valence-electron chi connectivity index (χ3n) is 4.27. The van der Waals surface area contributed by atoms with Crippen molar-refractivity contribution in [1.29, 1.82) is 0 Å². The van der Waals surface area contributed by atoms with Gasteiger partial charge < -0.3 is 4.74 Å². The Bertz CT molecular complexity index is 426. The van der Waals surface area contributed by atoms with E-state index in [1.165, 1.54) is 37.7 Å². The van der Waals surface area contributed by atoms with E-state index in [9.17, 15) is 0 Å². The molecule has 1 aromatic rings. The van der Waals surface area contributed by atoms with Crippen LogP contribution in [0.3, 0.4) is 0 Å². The second kappa shape index (κ2) is 7.00. The maximum atomic E-state index is 5.83. The summed E-state index contributed by atoms with van der Waals surface area (Å²) in [7, 11) is 0. The minimum Gasteiger partial charge on any atom is -0.377 e. The monoisotopic (exact) mass is 272 g/mol. The molecule has 3 nitrogen and oxygen atoms in total. The number of pyridine rings is 1. The number of rotatable bonds is 5. The Balaban J connectivity index is 1.68. The maximum Gasteiger partial charge on any atom is 0.0703 e. The molecular weight excluding hydrogens is 248 g/mol. The van der Waals surface area contributed by atoms with Crippen LogP contribution in [0.15, 0.2) is 36.7 Å². The predicted molar refractivity (Wildman–Crippen MR) is 80.4 cm³/mol. The number of hydrogen-bond acceptors (Lipinski definition) is 3. The summed E-state index contributed by atoms with van der Waals surface area (Å²) in [5, 5.41) is 0. The van der Waals surface area contributed by atoms with Crippen LogP contribution in [0.5, 0.6) is 0 Å². The van der Waals surface area contributed by atoms with Gasteiger partial charge in [-0.25, -0.2) is 0 Å². The standard InChI is InChI=1S/C17H24N2O/c1-2-7-16(8-3-1)19(14-17-9-5-11-20-17)13-15-6-4-10-18-12-15/h2,4,6-7,10,12,16-17H,1,3,5,8-9,11,13-14H2. The first-order valence-corrected chi connectivity index (χ1v) is 7.83. The lowest BCUT2D eigenvalue weighted by Crippen LogP contribution is -2.39. The third kappa shape index (κ3) is 3.68. The van der Waals surface area contributed by atoms with Gasteiger partial charge >= 0.3 is 0 Å². The SMILES string of the molecule is C1=CC(N(Cc2cccnc2)CC2CCCO2)CCC1. The van der Waals surface area contributed by atoms with Crippen LogP contribution in [0, 0.1) is 0 Å². The molecule has 0 aromatic carbocycles. The molecule has 2 aliphatic rings. The van der Waals surface area contributed by atoms with E-state index in [1.807, 2.05) is 18.5 Å². The largest absolute Gasteiger partial charge is 0.377 e. The Morgan fingerprint density at radius 1 is 1.30 bits per heavy atom. The summed E-state index contributed by atoms with van der Waals surface area (Å²) in [6.45, 7) is 2.96. The van der Waals surface area contributed by atoms with Crippen LogP contribution in [0.2, 0.25) is 0 Å². The fourth-order valence-corrected chi connectivity index (χ4v) is 3.19. The Kier molecular flexibility index (Phi) is 4.82. The molecule has 0 bridgehead atoms. The molecule has 2 heterocycles. The van der Waals surface area contributed by atoms with E-state index in [0.29, 0.717) is 12.1 Å². The van der Waals surface area contributed by atoms with Crippen molar-refractivity contribution in [3.8, 4) is 0 Å². The molecule has 20 heavy (non-hydrogen) atoms. The molecule has 0 radical (unpaired) electrons. The number of ether oxygens (including phenoxy) is 1.